The van der Waals surface area contributed by atoms with Gasteiger partial charge in [-0.1, -0.05) is 0 Å². The van der Waals surface area contributed by atoms with Gasteiger partial charge in [0.1, 0.15) is 0 Å². The molecule has 0 bridgehead atoms. The highest BCUT2D eigenvalue weighted by Gasteiger charge is 2.27. The fourth-order valence-corrected chi connectivity index (χ4v) is 1.64. The minimum Gasteiger partial charge on any atom is -0.447 e. The molecule has 0 unspecified atom stereocenters. The number of amides is 3. The Bertz CT molecular complexity index is 268. The first kappa shape index (κ1) is 12.6. The molecule has 2 N–H and O–H groups in total. The molecule has 1 aliphatic rings. The van der Waals surface area contributed by atoms with E-state index in [-0.39, 0.29) is 18.2 Å². The Hall–Kier alpha value is -1.46. The number of urea groups is 1. The van der Waals surface area contributed by atoms with Crippen molar-refractivity contribution >= 4 is 12.1 Å². The third-order valence-electron chi connectivity index (χ3n) is 2.35. The minimum absolute atomic E-state index is 0.0106. The fraction of sp³-hybridized carbons (Fsp3) is 0.800. The summed E-state index contributed by atoms with van der Waals surface area (Å²) in [6.45, 7) is 4.79. The Morgan fingerprint density at radius 1 is 1.44 bits per heavy atom. The normalized spacial score (nSPS) is 19.8. The Kier molecular flexibility index (Phi) is 4.39. The number of hydrogen-bond donors (Lipinski definition) is 2. The van der Waals surface area contributed by atoms with E-state index in [0.717, 1.165) is 6.42 Å². The summed E-state index contributed by atoms with van der Waals surface area (Å²) in [5.41, 5.74) is 0. The van der Waals surface area contributed by atoms with Gasteiger partial charge in [-0.2, -0.15) is 0 Å². The van der Waals surface area contributed by atoms with Crippen LogP contribution < -0.4 is 10.6 Å². The molecule has 1 saturated heterocycles. The molecule has 0 saturated carbocycles. The van der Waals surface area contributed by atoms with E-state index in [2.05, 4.69) is 10.6 Å². The zero-order valence-electron chi connectivity index (χ0n) is 9.95. The Balaban J connectivity index is 2.31. The van der Waals surface area contributed by atoms with Crippen LogP contribution in [0.25, 0.3) is 0 Å². The lowest BCUT2D eigenvalue weighted by Gasteiger charge is -2.17. The highest BCUT2D eigenvalue weighted by atomic mass is 16.6. The van der Waals surface area contributed by atoms with Gasteiger partial charge in [-0.3, -0.25) is 0 Å². The van der Waals surface area contributed by atoms with Crippen LogP contribution in [0.5, 0.6) is 0 Å². The van der Waals surface area contributed by atoms with E-state index in [1.54, 1.807) is 25.8 Å². The third-order valence-corrected chi connectivity index (χ3v) is 2.35. The van der Waals surface area contributed by atoms with Gasteiger partial charge < -0.3 is 20.3 Å². The van der Waals surface area contributed by atoms with Crippen LogP contribution in [0.4, 0.5) is 9.59 Å². The van der Waals surface area contributed by atoms with Gasteiger partial charge in [0, 0.05) is 20.1 Å². The first-order chi connectivity index (χ1) is 7.52. The molecule has 0 radical (unpaired) electrons. The molecule has 6 nitrogen and oxygen atoms in total. The predicted octanol–water partition coefficient (Wildman–Crippen LogP) is 0.535. The lowest BCUT2D eigenvalue weighted by Crippen LogP contribution is -2.41. The molecule has 0 spiro atoms. The molecule has 1 atom stereocenters. The molecular weight excluding hydrogens is 210 g/mol. The monoisotopic (exact) mass is 229 g/mol. The smallest absolute Gasteiger partial charge is 0.407 e. The molecule has 1 rings (SSSR count). The van der Waals surface area contributed by atoms with Crippen LogP contribution in [-0.2, 0) is 4.74 Å². The Labute approximate surface area is 95.3 Å². The van der Waals surface area contributed by atoms with E-state index < -0.39 is 6.09 Å². The lowest BCUT2D eigenvalue weighted by atomic mass is 10.3. The van der Waals surface area contributed by atoms with E-state index >= 15 is 0 Å². The number of nitrogens with zero attached hydrogens (tertiary/aromatic N) is 1. The minimum atomic E-state index is -0.418. The average Bonchev–Trinajstić information content (AvgIpc) is 2.63. The van der Waals surface area contributed by atoms with Gasteiger partial charge >= 0.3 is 12.1 Å². The predicted molar refractivity (Wildman–Crippen MR) is 59.2 cm³/mol. The van der Waals surface area contributed by atoms with Gasteiger partial charge in [-0.25, -0.2) is 9.59 Å². The third kappa shape index (κ3) is 3.60. The molecular formula is C10H19N3O3. The number of hydrogen-bond acceptors (Lipinski definition) is 3. The number of alkyl carbamates (subject to hydrolysis) is 1. The molecule has 0 aliphatic carbocycles. The van der Waals surface area contributed by atoms with Crippen molar-refractivity contribution in [1.82, 2.24) is 15.5 Å². The first-order valence-corrected chi connectivity index (χ1v) is 5.46. The SMILES string of the molecule is CNC(=O)N1CC[C@@H](NC(=O)OC(C)C)C1. The summed E-state index contributed by atoms with van der Waals surface area (Å²) >= 11 is 0. The second kappa shape index (κ2) is 5.58. The van der Waals surface area contributed by atoms with Crippen molar-refractivity contribution in [2.75, 3.05) is 20.1 Å². The largest absolute Gasteiger partial charge is 0.447 e. The second-order valence-electron chi connectivity index (χ2n) is 4.09. The van der Waals surface area contributed by atoms with Crippen molar-refractivity contribution in [3.63, 3.8) is 0 Å². The second-order valence-corrected chi connectivity index (χ2v) is 4.09. The van der Waals surface area contributed by atoms with Crippen LogP contribution >= 0.6 is 0 Å². The maximum absolute atomic E-state index is 11.3. The molecule has 3 amide bonds. The number of carbonyl (C=O) groups is 2. The molecule has 0 aromatic heterocycles. The van der Waals surface area contributed by atoms with E-state index in [9.17, 15) is 9.59 Å². The van der Waals surface area contributed by atoms with E-state index in [1.807, 2.05) is 0 Å². The topological polar surface area (TPSA) is 70.7 Å². The number of rotatable bonds is 2. The van der Waals surface area contributed by atoms with E-state index in [4.69, 9.17) is 4.74 Å². The van der Waals surface area contributed by atoms with Crippen molar-refractivity contribution in [3.05, 3.63) is 0 Å². The number of ether oxygens (including phenoxy) is 1. The summed E-state index contributed by atoms with van der Waals surface area (Å²) in [5, 5.41) is 5.29. The highest BCUT2D eigenvalue weighted by molar-refractivity contribution is 5.74. The van der Waals surface area contributed by atoms with Gasteiger partial charge in [-0.05, 0) is 20.3 Å². The van der Waals surface area contributed by atoms with Gasteiger partial charge in [0.05, 0.1) is 12.1 Å². The summed E-state index contributed by atoms with van der Waals surface area (Å²) in [5.74, 6) is 0. The van der Waals surface area contributed by atoms with Gasteiger partial charge in [0.2, 0.25) is 0 Å². The van der Waals surface area contributed by atoms with Crippen molar-refractivity contribution in [3.8, 4) is 0 Å². The fourth-order valence-electron chi connectivity index (χ4n) is 1.64. The molecule has 92 valence electrons. The van der Waals surface area contributed by atoms with Crippen LogP contribution in [0.1, 0.15) is 20.3 Å². The molecule has 1 fully saturated rings. The van der Waals surface area contributed by atoms with Crippen molar-refractivity contribution in [2.24, 2.45) is 0 Å². The zero-order valence-corrected chi connectivity index (χ0v) is 9.95. The summed E-state index contributed by atoms with van der Waals surface area (Å²) in [6, 6.07) is -0.120. The van der Waals surface area contributed by atoms with Crippen molar-refractivity contribution < 1.29 is 14.3 Å². The maximum atomic E-state index is 11.3. The summed E-state index contributed by atoms with van der Waals surface area (Å²) in [7, 11) is 1.59. The molecule has 0 aromatic carbocycles. The van der Waals surface area contributed by atoms with Crippen LogP contribution in [0.2, 0.25) is 0 Å². The average molecular weight is 229 g/mol. The molecule has 6 heteroatoms. The van der Waals surface area contributed by atoms with Crippen LogP contribution in [0, 0.1) is 0 Å². The first-order valence-electron chi connectivity index (χ1n) is 5.46. The molecule has 1 heterocycles. The van der Waals surface area contributed by atoms with Crippen LogP contribution in [-0.4, -0.2) is 49.3 Å². The maximum Gasteiger partial charge on any atom is 0.407 e. The van der Waals surface area contributed by atoms with Gasteiger partial charge in [0.25, 0.3) is 0 Å². The van der Waals surface area contributed by atoms with E-state index in [0.29, 0.717) is 13.1 Å². The quantitative estimate of drug-likeness (QED) is 0.725. The van der Waals surface area contributed by atoms with Crippen LogP contribution in [0.3, 0.4) is 0 Å². The highest BCUT2D eigenvalue weighted by Crippen LogP contribution is 2.09. The summed E-state index contributed by atoms with van der Waals surface area (Å²) < 4.78 is 4.97. The number of likely N-dealkylation sites (tertiary alicyclic amines) is 1. The van der Waals surface area contributed by atoms with Crippen molar-refractivity contribution in [2.45, 2.75) is 32.4 Å². The van der Waals surface area contributed by atoms with Gasteiger partial charge in [0.15, 0.2) is 0 Å². The standard InChI is InChI=1S/C10H19N3O3/c1-7(2)16-10(15)12-8-4-5-13(6-8)9(14)11-3/h7-8H,4-6H2,1-3H3,(H,11,14)(H,12,15)/t8-/m1/s1. The summed E-state index contributed by atoms with van der Waals surface area (Å²) in [4.78, 5) is 24.3. The molecule has 16 heavy (non-hydrogen) atoms. The Morgan fingerprint density at radius 3 is 2.69 bits per heavy atom. The Morgan fingerprint density at radius 2 is 2.12 bits per heavy atom. The molecule has 1 aliphatic heterocycles. The zero-order chi connectivity index (χ0) is 12.1. The van der Waals surface area contributed by atoms with E-state index in [1.165, 1.54) is 0 Å². The summed E-state index contributed by atoms with van der Waals surface area (Å²) in [6.07, 6.45) is 0.218. The molecule has 0 aromatic rings. The number of nitrogens with one attached hydrogen (secondary N) is 2. The van der Waals surface area contributed by atoms with Gasteiger partial charge in [-0.15, -0.1) is 0 Å². The van der Waals surface area contributed by atoms with Crippen molar-refractivity contribution in [1.29, 1.82) is 0 Å². The lowest BCUT2D eigenvalue weighted by molar-refractivity contribution is 0.112. The number of carbonyl (C=O) groups excluding carboxylic acids is 2. The van der Waals surface area contributed by atoms with Crippen LogP contribution in [0.15, 0.2) is 0 Å².